The lowest BCUT2D eigenvalue weighted by molar-refractivity contribution is 0.0954. The van der Waals surface area contributed by atoms with E-state index in [-0.39, 0.29) is 5.91 Å². The lowest BCUT2D eigenvalue weighted by Gasteiger charge is -2.22. The van der Waals surface area contributed by atoms with Crippen molar-refractivity contribution in [2.75, 3.05) is 26.7 Å². The Morgan fingerprint density at radius 1 is 1.00 bits per heavy atom. The molecule has 5 rings (SSSR count). The van der Waals surface area contributed by atoms with Crippen LogP contribution in [0.15, 0.2) is 60.7 Å². The number of fused-ring (bicyclic) bond motifs is 2. The molecule has 0 saturated heterocycles. The number of nitrogens with one attached hydrogen (secondary N) is 1. The summed E-state index contributed by atoms with van der Waals surface area (Å²) in [6.07, 6.45) is 1.50. The summed E-state index contributed by atoms with van der Waals surface area (Å²) in [5.74, 6) is 2.80. The number of rotatable bonds is 7. The van der Waals surface area contributed by atoms with Crippen molar-refractivity contribution >= 4 is 16.7 Å². The zero-order valence-corrected chi connectivity index (χ0v) is 20.3. The third-order valence-corrected chi connectivity index (χ3v) is 6.74. The minimum Gasteiger partial charge on any atom is -0.496 e. The summed E-state index contributed by atoms with van der Waals surface area (Å²) in [5.41, 5.74) is 3.04. The van der Waals surface area contributed by atoms with Crippen molar-refractivity contribution in [2.24, 2.45) is 0 Å². The van der Waals surface area contributed by atoms with Crippen molar-refractivity contribution in [2.45, 2.75) is 32.9 Å². The highest BCUT2D eigenvalue weighted by Gasteiger charge is 2.20. The van der Waals surface area contributed by atoms with Gasteiger partial charge in [-0.2, -0.15) is 0 Å². The van der Waals surface area contributed by atoms with Gasteiger partial charge in [0.15, 0.2) is 0 Å². The minimum absolute atomic E-state index is 0.0594. The van der Waals surface area contributed by atoms with Crippen molar-refractivity contribution in [1.82, 2.24) is 25.0 Å². The summed E-state index contributed by atoms with van der Waals surface area (Å²) in [6.45, 7) is 6.01. The molecule has 0 unspecified atom stereocenters. The second kappa shape index (κ2) is 10.3. The van der Waals surface area contributed by atoms with Gasteiger partial charge in [-0.1, -0.05) is 48.0 Å². The number of carbonyl (C=O) groups excluding carboxylic acids is 1. The molecule has 0 spiro atoms. The molecular formula is C28H31N5O2. The van der Waals surface area contributed by atoms with Crippen LogP contribution in [0.25, 0.3) is 10.8 Å². The normalized spacial score (nSPS) is 13.9. The molecule has 0 bridgehead atoms. The van der Waals surface area contributed by atoms with Gasteiger partial charge in [-0.05, 0) is 35.9 Å². The molecule has 0 saturated carbocycles. The third kappa shape index (κ3) is 5.05. The number of methoxy groups -OCH3 is 1. The highest BCUT2D eigenvalue weighted by atomic mass is 16.5. The van der Waals surface area contributed by atoms with Gasteiger partial charge in [0.2, 0.25) is 0 Å². The molecule has 1 amide bonds. The van der Waals surface area contributed by atoms with Gasteiger partial charge in [0.1, 0.15) is 17.4 Å². The topological polar surface area (TPSA) is 72.3 Å². The molecule has 1 aliphatic heterocycles. The summed E-state index contributed by atoms with van der Waals surface area (Å²) in [5, 5.41) is 14.3. The van der Waals surface area contributed by atoms with E-state index in [0.717, 1.165) is 55.6 Å². The number of amides is 1. The van der Waals surface area contributed by atoms with Crippen LogP contribution < -0.4 is 10.1 Å². The number of carbonyl (C=O) groups is 1. The van der Waals surface area contributed by atoms with Gasteiger partial charge in [0.25, 0.3) is 5.91 Å². The van der Waals surface area contributed by atoms with Gasteiger partial charge in [-0.15, -0.1) is 10.2 Å². The summed E-state index contributed by atoms with van der Waals surface area (Å²) in [4.78, 5) is 14.9. The van der Waals surface area contributed by atoms with Gasteiger partial charge in [-0.3, -0.25) is 9.69 Å². The molecule has 1 aliphatic rings. The maximum atomic E-state index is 12.4. The zero-order chi connectivity index (χ0) is 24.2. The SMILES string of the molecule is COc1ccc2ccccc2c1CN1CCc2nnc(CCNC(=O)c3ccc(C)cc3)n2CC1. The predicted molar refractivity (Wildman–Crippen MR) is 137 cm³/mol. The van der Waals surface area contributed by atoms with Crippen LogP contribution in [0.2, 0.25) is 0 Å². The fraction of sp³-hybridized carbons (Fsp3) is 0.321. The lowest BCUT2D eigenvalue weighted by Crippen LogP contribution is -2.28. The van der Waals surface area contributed by atoms with E-state index in [1.54, 1.807) is 7.11 Å². The molecule has 7 heteroatoms. The van der Waals surface area contributed by atoms with E-state index in [1.165, 1.54) is 16.3 Å². The first-order chi connectivity index (χ1) is 17.1. The number of nitrogens with zero attached hydrogens (tertiary/aromatic N) is 4. The van der Waals surface area contributed by atoms with E-state index in [2.05, 4.69) is 61.4 Å². The summed E-state index contributed by atoms with van der Waals surface area (Å²) < 4.78 is 7.93. The number of aryl methyl sites for hydroxylation is 1. The predicted octanol–water partition coefficient (Wildman–Crippen LogP) is 3.78. The molecule has 1 aromatic heterocycles. The van der Waals surface area contributed by atoms with Gasteiger partial charge in [-0.25, -0.2) is 0 Å². The lowest BCUT2D eigenvalue weighted by atomic mass is 10.0. The van der Waals surface area contributed by atoms with Crippen molar-refractivity contribution in [3.8, 4) is 5.75 Å². The van der Waals surface area contributed by atoms with Crippen molar-refractivity contribution in [3.63, 3.8) is 0 Å². The Morgan fingerprint density at radius 2 is 1.83 bits per heavy atom. The molecule has 3 aromatic carbocycles. The average Bonchev–Trinajstić information content (AvgIpc) is 3.15. The van der Waals surface area contributed by atoms with Crippen LogP contribution >= 0.6 is 0 Å². The molecule has 0 fully saturated rings. The number of ether oxygens (including phenoxy) is 1. The fourth-order valence-electron chi connectivity index (χ4n) is 4.76. The summed E-state index contributed by atoms with van der Waals surface area (Å²) in [6, 6.07) is 20.3. The first kappa shape index (κ1) is 23.1. The van der Waals surface area contributed by atoms with E-state index in [4.69, 9.17) is 4.74 Å². The molecule has 0 atom stereocenters. The first-order valence-electron chi connectivity index (χ1n) is 12.1. The Morgan fingerprint density at radius 3 is 2.66 bits per heavy atom. The molecule has 4 aromatic rings. The summed E-state index contributed by atoms with van der Waals surface area (Å²) in [7, 11) is 1.74. The largest absolute Gasteiger partial charge is 0.496 e. The highest BCUT2D eigenvalue weighted by Crippen LogP contribution is 2.29. The van der Waals surface area contributed by atoms with Crippen LogP contribution in [0.3, 0.4) is 0 Å². The van der Waals surface area contributed by atoms with Gasteiger partial charge < -0.3 is 14.6 Å². The molecular weight excluding hydrogens is 438 g/mol. The Hall–Kier alpha value is -3.71. The van der Waals surface area contributed by atoms with Crippen LogP contribution in [0.1, 0.15) is 33.1 Å². The van der Waals surface area contributed by atoms with Crippen LogP contribution in [0.4, 0.5) is 0 Å². The number of aromatic nitrogens is 3. The number of benzene rings is 3. The van der Waals surface area contributed by atoms with Gasteiger partial charge in [0, 0.05) is 56.7 Å². The van der Waals surface area contributed by atoms with E-state index < -0.39 is 0 Å². The third-order valence-electron chi connectivity index (χ3n) is 6.74. The Labute approximate surface area is 205 Å². The monoisotopic (exact) mass is 469 g/mol. The van der Waals surface area contributed by atoms with Gasteiger partial charge in [0.05, 0.1) is 7.11 Å². The number of hydrogen-bond donors (Lipinski definition) is 1. The van der Waals surface area contributed by atoms with Gasteiger partial charge >= 0.3 is 0 Å². The average molecular weight is 470 g/mol. The molecule has 7 nitrogen and oxygen atoms in total. The van der Waals surface area contributed by atoms with E-state index in [0.29, 0.717) is 18.5 Å². The minimum atomic E-state index is -0.0594. The zero-order valence-electron chi connectivity index (χ0n) is 20.3. The molecule has 0 aliphatic carbocycles. The van der Waals surface area contributed by atoms with Crippen LogP contribution in [-0.4, -0.2) is 52.3 Å². The molecule has 2 heterocycles. The first-order valence-corrected chi connectivity index (χ1v) is 12.1. The van der Waals surface area contributed by atoms with Crippen LogP contribution in [-0.2, 0) is 25.9 Å². The smallest absolute Gasteiger partial charge is 0.251 e. The molecule has 1 N–H and O–H groups in total. The Bertz CT molecular complexity index is 1330. The Kier molecular flexibility index (Phi) is 6.77. The van der Waals surface area contributed by atoms with E-state index in [9.17, 15) is 4.79 Å². The molecule has 0 radical (unpaired) electrons. The van der Waals surface area contributed by atoms with E-state index in [1.807, 2.05) is 31.2 Å². The summed E-state index contributed by atoms with van der Waals surface area (Å²) >= 11 is 0. The maximum Gasteiger partial charge on any atom is 0.251 e. The second-order valence-corrected chi connectivity index (χ2v) is 9.05. The fourth-order valence-corrected chi connectivity index (χ4v) is 4.76. The second-order valence-electron chi connectivity index (χ2n) is 9.05. The van der Waals surface area contributed by atoms with E-state index >= 15 is 0 Å². The Balaban J connectivity index is 1.22. The van der Waals surface area contributed by atoms with Crippen molar-refractivity contribution in [3.05, 3.63) is 89.0 Å². The number of hydrogen-bond acceptors (Lipinski definition) is 5. The quantitative estimate of drug-likeness (QED) is 0.446. The van der Waals surface area contributed by atoms with Crippen LogP contribution in [0, 0.1) is 6.92 Å². The standard InChI is InChI=1S/C28H31N5O2/c1-20-7-9-22(10-8-20)28(34)29-15-13-26-30-31-27-14-16-32(17-18-33(26)27)19-24-23-6-4-3-5-21(23)11-12-25(24)35-2/h3-12H,13-19H2,1-2H3,(H,29,34). The van der Waals surface area contributed by atoms with Crippen molar-refractivity contribution < 1.29 is 9.53 Å². The molecule has 35 heavy (non-hydrogen) atoms. The molecule has 180 valence electrons. The highest BCUT2D eigenvalue weighted by molar-refractivity contribution is 5.94. The van der Waals surface area contributed by atoms with Crippen molar-refractivity contribution in [1.29, 1.82) is 0 Å². The van der Waals surface area contributed by atoms with Crippen LogP contribution in [0.5, 0.6) is 5.75 Å². The maximum absolute atomic E-state index is 12.4.